The fourth-order valence-corrected chi connectivity index (χ4v) is 2.81. The molecule has 11 heteroatoms. The van der Waals surface area contributed by atoms with Gasteiger partial charge in [-0.05, 0) is 63.1 Å². The number of rotatable bonds is 14. The third-order valence-electron chi connectivity index (χ3n) is 5.84. The molecule has 0 spiro atoms. The zero-order valence-corrected chi connectivity index (χ0v) is 24.2. The van der Waals surface area contributed by atoms with Crippen molar-refractivity contribution in [1.29, 1.82) is 0 Å². The third-order valence-corrected chi connectivity index (χ3v) is 5.84. The number of benzene rings is 1. The molecule has 0 bridgehead atoms. The molecular weight excluding hydrogens is 510 g/mol. The number of hydrogen-bond acceptors (Lipinski definition) is 11. The molecule has 0 fully saturated rings. The van der Waals surface area contributed by atoms with Gasteiger partial charge in [-0.3, -0.25) is 9.59 Å². The second kappa shape index (κ2) is 16.6. The maximum absolute atomic E-state index is 12.4. The molecule has 0 heterocycles. The normalized spacial score (nSPS) is 14.1. The summed E-state index contributed by atoms with van der Waals surface area (Å²) in [6.45, 7) is 14.3. The number of ether oxygens (including phenoxy) is 6. The maximum Gasteiger partial charge on any atom is 0.514 e. The molecule has 1 aromatic rings. The number of esters is 2. The summed E-state index contributed by atoms with van der Waals surface area (Å²) in [7, 11) is 0. The molecule has 0 radical (unpaired) electrons. The summed E-state index contributed by atoms with van der Waals surface area (Å²) in [6.07, 6.45) is -2.45. The van der Waals surface area contributed by atoms with Gasteiger partial charge in [0, 0.05) is 6.42 Å². The topological polar surface area (TPSA) is 150 Å². The molecule has 39 heavy (non-hydrogen) atoms. The van der Waals surface area contributed by atoms with Crippen molar-refractivity contribution in [2.24, 2.45) is 17.6 Å². The lowest BCUT2D eigenvalue weighted by molar-refractivity contribution is -0.158. The van der Waals surface area contributed by atoms with E-state index in [1.807, 2.05) is 34.6 Å². The Bertz CT molecular complexity index is 962. The summed E-state index contributed by atoms with van der Waals surface area (Å²) in [6, 6.07) is 3.32. The highest BCUT2D eigenvalue weighted by atomic mass is 16.8. The smallest absolute Gasteiger partial charge is 0.461 e. The van der Waals surface area contributed by atoms with Gasteiger partial charge in [0.2, 0.25) is 0 Å². The van der Waals surface area contributed by atoms with Crippen molar-refractivity contribution in [3.63, 3.8) is 0 Å². The van der Waals surface area contributed by atoms with E-state index in [4.69, 9.17) is 34.2 Å². The van der Waals surface area contributed by atoms with Crippen molar-refractivity contribution in [1.82, 2.24) is 0 Å². The molecule has 4 atom stereocenters. The fourth-order valence-electron chi connectivity index (χ4n) is 2.81. The lowest BCUT2D eigenvalue weighted by Gasteiger charge is -2.19. The van der Waals surface area contributed by atoms with Gasteiger partial charge >= 0.3 is 24.2 Å². The first-order valence-corrected chi connectivity index (χ1v) is 13.2. The van der Waals surface area contributed by atoms with Crippen molar-refractivity contribution >= 4 is 24.2 Å². The Morgan fingerprint density at radius 1 is 0.795 bits per heavy atom. The average molecular weight is 554 g/mol. The summed E-state index contributed by atoms with van der Waals surface area (Å²) < 4.78 is 31.4. The van der Waals surface area contributed by atoms with E-state index < -0.39 is 42.6 Å². The highest BCUT2D eigenvalue weighted by Gasteiger charge is 2.23. The van der Waals surface area contributed by atoms with E-state index >= 15 is 0 Å². The predicted octanol–water partition coefficient (Wildman–Crippen LogP) is 4.95. The van der Waals surface area contributed by atoms with Crippen LogP contribution in [0.15, 0.2) is 18.2 Å². The van der Waals surface area contributed by atoms with Gasteiger partial charge in [0.1, 0.15) is 31.0 Å². The van der Waals surface area contributed by atoms with Crippen LogP contribution in [0, 0.1) is 11.8 Å². The van der Waals surface area contributed by atoms with Gasteiger partial charge in [-0.15, -0.1) is 0 Å². The van der Waals surface area contributed by atoms with Gasteiger partial charge in [0.25, 0.3) is 0 Å². The lowest BCUT2D eigenvalue weighted by atomic mass is 10.1. The Morgan fingerprint density at radius 2 is 1.33 bits per heavy atom. The molecule has 0 aliphatic rings. The standard InChI is InChI=1S/C28H43NO10/c1-9-10-25(30)35-18(6)15-34-26(31)22(29)13-21-11-12-23(38-27(32)36-19(7)16(2)3)24(14-21)39-28(33)37-20(8)17(4)5/h11-12,14,16-20,22H,9-10,13,15,29H2,1-8H3/t18-,19?,20?,22-/m0/s1. The van der Waals surface area contributed by atoms with Crippen LogP contribution in [-0.4, -0.2) is 55.2 Å². The average Bonchev–Trinajstić information content (AvgIpc) is 2.83. The first kappa shape index (κ1) is 33.7. The van der Waals surface area contributed by atoms with Crippen LogP contribution >= 0.6 is 0 Å². The van der Waals surface area contributed by atoms with Gasteiger partial charge in [-0.25, -0.2) is 9.59 Å². The van der Waals surface area contributed by atoms with Crippen molar-refractivity contribution in [2.45, 2.75) is 99.0 Å². The molecule has 1 rings (SSSR count). The molecule has 220 valence electrons. The summed E-state index contributed by atoms with van der Waals surface area (Å²) in [5.74, 6) is -1.14. The largest absolute Gasteiger partial charge is 0.514 e. The molecule has 11 nitrogen and oxygen atoms in total. The zero-order valence-electron chi connectivity index (χ0n) is 24.2. The third kappa shape index (κ3) is 12.8. The minimum absolute atomic E-state index is 0.0196. The fraction of sp³-hybridized carbons (Fsp3) is 0.643. The molecule has 0 aromatic heterocycles. The van der Waals surface area contributed by atoms with Gasteiger partial charge in [0.15, 0.2) is 11.5 Å². The second-order valence-electron chi connectivity index (χ2n) is 10.1. The first-order chi connectivity index (χ1) is 18.2. The quantitative estimate of drug-likeness (QED) is 0.189. The Labute approximate surface area is 230 Å². The van der Waals surface area contributed by atoms with Crippen molar-refractivity contribution in [2.75, 3.05) is 6.61 Å². The molecule has 2 unspecified atom stereocenters. The van der Waals surface area contributed by atoms with Crippen LogP contribution in [0.25, 0.3) is 0 Å². The van der Waals surface area contributed by atoms with E-state index in [9.17, 15) is 19.2 Å². The summed E-state index contributed by atoms with van der Waals surface area (Å²) >= 11 is 0. The van der Waals surface area contributed by atoms with Crippen LogP contribution in [0.1, 0.15) is 73.8 Å². The van der Waals surface area contributed by atoms with Gasteiger partial charge in [-0.1, -0.05) is 40.7 Å². The van der Waals surface area contributed by atoms with Gasteiger partial charge in [-0.2, -0.15) is 0 Å². The Morgan fingerprint density at radius 3 is 1.85 bits per heavy atom. The van der Waals surface area contributed by atoms with E-state index in [0.29, 0.717) is 12.0 Å². The molecule has 0 saturated heterocycles. The number of nitrogens with two attached hydrogens (primary N) is 1. The SMILES string of the molecule is CCCC(=O)O[C@@H](C)COC(=O)[C@@H](N)Cc1ccc(OC(=O)OC(C)C(C)C)c(OC(=O)OC(C)C(C)C)c1. The van der Waals surface area contributed by atoms with E-state index in [0.717, 1.165) is 0 Å². The molecule has 2 N–H and O–H groups in total. The zero-order chi connectivity index (χ0) is 29.7. The van der Waals surface area contributed by atoms with Gasteiger partial charge in [0.05, 0.1) is 0 Å². The number of hydrogen-bond donors (Lipinski definition) is 1. The van der Waals surface area contributed by atoms with Crippen LogP contribution in [0.4, 0.5) is 9.59 Å². The van der Waals surface area contributed by atoms with Crippen LogP contribution in [0.2, 0.25) is 0 Å². The van der Waals surface area contributed by atoms with Crippen molar-refractivity contribution in [3.8, 4) is 11.5 Å². The highest BCUT2D eigenvalue weighted by molar-refractivity contribution is 5.76. The highest BCUT2D eigenvalue weighted by Crippen LogP contribution is 2.30. The van der Waals surface area contributed by atoms with Crippen LogP contribution in [-0.2, 0) is 35.0 Å². The van der Waals surface area contributed by atoms with E-state index in [1.165, 1.54) is 12.1 Å². The van der Waals surface area contributed by atoms with E-state index in [-0.39, 0.29) is 48.8 Å². The van der Waals surface area contributed by atoms with Crippen molar-refractivity contribution < 1.29 is 47.6 Å². The van der Waals surface area contributed by atoms with Crippen LogP contribution in [0.3, 0.4) is 0 Å². The molecule has 0 saturated carbocycles. The summed E-state index contributed by atoms with van der Waals surface area (Å²) in [5, 5.41) is 0. The first-order valence-electron chi connectivity index (χ1n) is 13.2. The molecular formula is C28H43NO10. The maximum atomic E-state index is 12.4. The molecule has 0 aliphatic heterocycles. The molecule has 0 amide bonds. The second-order valence-corrected chi connectivity index (χ2v) is 10.1. The Balaban J connectivity index is 2.96. The number of carbonyl (C=O) groups is 4. The Hall–Kier alpha value is -3.34. The lowest BCUT2D eigenvalue weighted by Crippen LogP contribution is -2.36. The summed E-state index contributed by atoms with van der Waals surface area (Å²) in [4.78, 5) is 48.7. The minimum Gasteiger partial charge on any atom is -0.461 e. The monoisotopic (exact) mass is 553 g/mol. The van der Waals surface area contributed by atoms with Crippen LogP contribution in [0.5, 0.6) is 11.5 Å². The molecule has 0 aliphatic carbocycles. The van der Waals surface area contributed by atoms with E-state index in [1.54, 1.807) is 26.8 Å². The van der Waals surface area contributed by atoms with Gasteiger partial charge < -0.3 is 34.2 Å². The van der Waals surface area contributed by atoms with Crippen molar-refractivity contribution in [3.05, 3.63) is 23.8 Å². The number of carbonyl (C=O) groups excluding carboxylic acids is 4. The van der Waals surface area contributed by atoms with E-state index in [2.05, 4.69) is 0 Å². The predicted molar refractivity (Wildman–Crippen MR) is 142 cm³/mol. The van der Waals surface area contributed by atoms with Crippen LogP contribution < -0.4 is 15.2 Å². The summed E-state index contributed by atoms with van der Waals surface area (Å²) in [5.41, 5.74) is 6.51. The Kier molecular flexibility index (Phi) is 14.3. The minimum atomic E-state index is -1.06. The molecule has 1 aromatic carbocycles.